The van der Waals surface area contributed by atoms with E-state index < -0.39 is 0 Å². The lowest BCUT2D eigenvalue weighted by atomic mass is 9.94. The summed E-state index contributed by atoms with van der Waals surface area (Å²) < 4.78 is 0. The van der Waals surface area contributed by atoms with Crippen molar-refractivity contribution >= 4 is 5.69 Å². The lowest BCUT2D eigenvalue weighted by Crippen LogP contribution is -2.36. The van der Waals surface area contributed by atoms with Crippen LogP contribution in [0.1, 0.15) is 24.8 Å². The summed E-state index contributed by atoms with van der Waals surface area (Å²) in [5, 5.41) is 3.26. The molecule has 1 aliphatic rings. The summed E-state index contributed by atoms with van der Waals surface area (Å²) in [7, 11) is 2.04. The summed E-state index contributed by atoms with van der Waals surface area (Å²) in [5.41, 5.74) is 2.74. The Hall–Kier alpha value is -1.02. The predicted molar refractivity (Wildman–Crippen MR) is 74.7 cm³/mol. The molecule has 1 fully saturated rings. The Bertz CT molecular complexity index is 331. The Balaban J connectivity index is 1.94. The number of hydrogen-bond donors (Lipinski definition) is 1. The second-order valence-corrected chi connectivity index (χ2v) is 5.18. The third-order valence-electron chi connectivity index (χ3n) is 3.72. The van der Waals surface area contributed by atoms with Gasteiger partial charge < -0.3 is 10.2 Å². The van der Waals surface area contributed by atoms with Crippen LogP contribution < -0.4 is 10.2 Å². The van der Waals surface area contributed by atoms with Gasteiger partial charge >= 0.3 is 0 Å². The second kappa shape index (κ2) is 6.06. The minimum absolute atomic E-state index is 0.859. The largest absolute Gasteiger partial charge is 0.371 e. The van der Waals surface area contributed by atoms with Gasteiger partial charge in [0.1, 0.15) is 0 Å². The Morgan fingerprint density at radius 3 is 2.76 bits per heavy atom. The SMILES string of the molecule is CNCCC1CCCN(c2ccc(C)cc2)C1. The highest BCUT2D eigenvalue weighted by atomic mass is 15.1. The highest BCUT2D eigenvalue weighted by molar-refractivity contribution is 5.47. The molecule has 0 aromatic heterocycles. The van der Waals surface area contributed by atoms with E-state index in [1.165, 1.54) is 43.6 Å². The fraction of sp³-hybridized carbons (Fsp3) is 0.600. The smallest absolute Gasteiger partial charge is 0.0366 e. The lowest BCUT2D eigenvalue weighted by Gasteiger charge is -2.34. The van der Waals surface area contributed by atoms with Crippen LogP contribution >= 0.6 is 0 Å². The van der Waals surface area contributed by atoms with Crippen molar-refractivity contribution in [3.63, 3.8) is 0 Å². The van der Waals surface area contributed by atoms with Crippen LogP contribution in [0.15, 0.2) is 24.3 Å². The number of benzene rings is 1. The van der Waals surface area contributed by atoms with Crippen molar-refractivity contribution < 1.29 is 0 Å². The van der Waals surface area contributed by atoms with E-state index >= 15 is 0 Å². The van der Waals surface area contributed by atoms with Crippen LogP contribution in [0.4, 0.5) is 5.69 Å². The van der Waals surface area contributed by atoms with Crippen LogP contribution in [0.5, 0.6) is 0 Å². The lowest BCUT2D eigenvalue weighted by molar-refractivity contribution is 0.387. The molecule has 0 aliphatic carbocycles. The van der Waals surface area contributed by atoms with Gasteiger partial charge in [-0.25, -0.2) is 0 Å². The van der Waals surface area contributed by atoms with Crippen molar-refractivity contribution in [2.24, 2.45) is 5.92 Å². The zero-order valence-corrected chi connectivity index (χ0v) is 11.1. The molecule has 1 saturated heterocycles. The summed E-state index contributed by atoms with van der Waals surface area (Å²) in [4.78, 5) is 2.54. The van der Waals surface area contributed by atoms with Gasteiger partial charge in [-0.1, -0.05) is 17.7 Å². The molecule has 1 unspecified atom stereocenters. The molecule has 0 saturated carbocycles. The Morgan fingerprint density at radius 2 is 2.06 bits per heavy atom. The quantitative estimate of drug-likeness (QED) is 0.858. The monoisotopic (exact) mass is 232 g/mol. The number of anilines is 1. The van der Waals surface area contributed by atoms with Crippen molar-refractivity contribution in [1.29, 1.82) is 0 Å². The molecule has 2 rings (SSSR count). The Kier molecular flexibility index (Phi) is 4.43. The molecule has 0 spiro atoms. The summed E-state index contributed by atoms with van der Waals surface area (Å²) in [6.07, 6.45) is 4.03. The number of nitrogens with zero attached hydrogens (tertiary/aromatic N) is 1. The number of aryl methyl sites for hydroxylation is 1. The Morgan fingerprint density at radius 1 is 1.29 bits per heavy atom. The molecule has 0 bridgehead atoms. The third kappa shape index (κ3) is 3.47. The molecule has 94 valence electrons. The average Bonchev–Trinajstić information content (AvgIpc) is 2.37. The van der Waals surface area contributed by atoms with Gasteiger partial charge in [0.2, 0.25) is 0 Å². The molecule has 1 aliphatic heterocycles. The molecule has 1 N–H and O–H groups in total. The van der Waals surface area contributed by atoms with E-state index in [1.54, 1.807) is 0 Å². The number of nitrogens with one attached hydrogen (secondary N) is 1. The van der Waals surface area contributed by atoms with E-state index in [2.05, 4.69) is 41.4 Å². The maximum Gasteiger partial charge on any atom is 0.0366 e. The summed E-state index contributed by atoms with van der Waals surface area (Å²) in [6, 6.07) is 8.95. The zero-order valence-electron chi connectivity index (χ0n) is 11.1. The van der Waals surface area contributed by atoms with E-state index in [9.17, 15) is 0 Å². The topological polar surface area (TPSA) is 15.3 Å². The van der Waals surface area contributed by atoms with Gasteiger partial charge in [0, 0.05) is 18.8 Å². The van der Waals surface area contributed by atoms with Crippen LogP contribution in [-0.4, -0.2) is 26.7 Å². The Labute approximate surface area is 105 Å². The molecule has 17 heavy (non-hydrogen) atoms. The van der Waals surface area contributed by atoms with Gasteiger partial charge in [-0.2, -0.15) is 0 Å². The van der Waals surface area contributed by atoms with E-state index in [0.717, 1.165) is 12.5 Å². The average molecular weight is 232 g/mol. The van der Waals surface area contributed by atoms with Gasteiger partial charge in [0.05, 0.1) is 0 Å². The predicted octanol–water partition coefficient (Wildman–Crippen LogP) is 2.82. The first-order chi connectivity index (χ1) is 8.29. The summed E-state index contributed by atoms with van der Waals surface area (Å²) in [6.45, 7) is 5.74. The van der Waals surface area contributed by atoms with E-state index in [4.69, 9.17) is 0 Å². The molecule has 1 aromatic rings. The number of rotatable bonds is 4. The highest BCUT2D eigenvalue weighted by Gasteiger charge is 2.19. The second-order valence-electron chi connectivity index (χ2n) is 5.18. The first-order valence-corrected chi connectivity index (χ1v) is 6.76. The normalized spacial score (nSPS) is 20.6. The molecule has 0 radical (unpaired) electrons. The van der Waals surface area contributed by atoms with Crippen molar-refractivity contribution in [2.45, 2.75) is 26.2 Å². The van der Waals surface area contributed by atoms with E-state index in [-0.39, 0.29) is 0 Å². The van der Waals surface area contributed by atoms with Crippen LogP contribution in [0.2, 0.25) is 0 Å². The number of hydrogen-bond acceptors (Lipinski definition) is 2. The molecule has 1 atom stereocenters. The van der Waals surface area contributed by atoms with Crippen molar-refractivity contribution in [1.82, 2.24) is 5.32 Å². The third-order valence-corrected chi connectivity index (χ3v) is 3.72. The number of piperidine rings is 1. The van der Waals surface area contributed by atoms with Crippen LogP contribution in [0.25, 0.3) is 0 Å². The van der Waals surface area contributed by atoms with Crippen molar-refractivity contribution in [3.05, 3.63) is 29.8 Å². The van der Waals surface area contributed by atoms with Gasteiger partial charge in [-0.15, -0.1) is 0 Å². The summed E-state index contributed by atoms with van der Waals surface area (Å²) in [5.74, 6) is 0.859. The maximum absolute atomic E-state index is 3.26. The van der Waals surface area contributed by atoms with Crippen molar-refractivity contribution in [3.8, 4) is 0 Å². The van der Waals surface area contributed by atoms with Crippen LogP contribution in [0.3, 0.4) is 0 Å². The molecule has 1 aromatic carbocycles. The van der Waals surface area contributed by atoms with Gasteiger partial charge in [0.25, 0.3) is 0 Å². The fourth-order valence-electron chi connectivity index (χ4n) is 2.64. The summed E-state index contributed by atoms with van der Waals surface area (Å²) >= 11 is 0. The van der Waals surface area contributed by atoms with Gasteiger partial charge in [-0.3, -0.25) is 0 Å². The van der Waals surface area contributed by atoms with Crippen LogP contribution in [-0.2, 0) is 0 Å². The first kappa shape index (κ1) is 12.4. The fourth-order valence-corrected chi connectivity index (χ4v) is 2.64. The standard InChI is InChI=1S/C15H24N2/c1-13-5-7-15(8-6-13)17-11-3-4-14(12-17)9-10-16-2/h5-8,14,16H,3-4,9-12H2,1-2H3. The zero-order chi connectivity index (χ0) is 12.1. The van der Waals surface area contributed by atoms with E-state index in [0.29, 0.717) is 0 Å². The molecule has 2 heteroatoms. The maximum atomic E-state index is 3.26. The molecular weight excluding hydrogens is 208 g/mol. The molecule has 1 heterocycles. The highest BCUT2D eigenvalue weighted by Crippen LogP contribution is 2.24. The first-order valence-electron chi connectivity index (χ1n) is 6.76. The minimum Gasteiger partial charge on any atom is -0.371 e. The van der Waals surface area contributed by atoms with Gasteiger partial charge in [-0.05, 0) is 57.8 Å². The van der Waals surface area contributed by atoms with E-state index in [1.807, 2.05) is 7.05 Å². The minimum atomic E-state index is 0.859. The molecular formula is C15H24N2. The van der Waals surface area contributed by atoms with Crippen LogP contribution in [0, 0.1) is 12.8 Å². The van der Waals surface area contributed by atoms with Crippen molar-refractivity contribution in [2.75, 3.05) is 31.6 Å². The molecule has 0 amide bonds. The molecule has 2 nitrogen and oxygen atoms in total. The van der Waals surface area contributed by atoms with Gasteiger partial charge in [0.15, 0.2) is 0 Å².